The molecule has 0 fully saturated rings. The lowest BCUT2D eigenvalue weighted by Crippen LogP contribution is -2.40. The third kappa shape index (κ3) is 3.14. The summed E-state index contributed by atoms with van der Waals surface area (Å²) >= 11 is 0. The highest BCUT2D eigenvalue weighted by atomic mass is 32.2. The SMILES string of the molecule is [B]C([B])(c1ccccc1)S(=O)(=O)OC1=C(N)O[C@]([B])(c2ccccc2)C1=O. The fourth-order valence-corrected chi connectivity index (χ4v) is 3.46. The number of benzene rings is 2. The molecule has 0 aliphatic carbocycles. The Hall–Kier alpha value is -2.61. The van der Waals surface area contributed by atoms with Gasteiger partial charge in [-0.3, -0.25) is 4.79 Å². The first-order valence-electron chi connectivity index (χ1n) is 7.75. The van der Waals surface area contributed by atoms with Crippen LogP contribution in [0, 0.1) is 0 Å². The van der Waals surface area contributed by atoms with E-state index in [1.807, 2.05) is 0 Å². The predicted octanol–water partition coefficient (Wildman–Crippen LogP) is 0.229. The van der Waals surface area contributed by atoms with Gasteiger partial charge in [0.15, 0.2) is 5.50 Å². The molecule has 1 heterocycles. The molecular weight excluding hydrogens is 363 g/mol. The Morgan fingerprint density at radius 1 is 1.00 bits per heavy atom. The lowest BCUT2D eigenvalue weighted by molar-refractivity contribution is -0.126. The second-order valence-electron chi connectivity index (χ2n) is 5.92. The number of hydrogen-bond donors (Lipinski definition) is 1. The Morgan fingerprint density at radius 3 is 2.07 bits per heavy atom. The largest absolute Gasteiger partial charge is 0.467 e. The first kappa shape index (κ1) is 19.2. The molecule has 6 nitrogen and oxygen atoms in total. The molecule has 0 bridgehead atoms. The summed E-state index contributed by atoms with van der Waals surface area (Å²) in [5, 5.41) is 0. The summed E-state index contributed by atoms with van der Waals surface area (Å²) in [6.45, 7) is 0. The van der Waals surface area contributed by atoms with Crippen molar-refractivity contribution < 1.29 is 22.1 Å². The average molecular weight is 375 g/mol. The summed E-state index contributed by atoms with van der Waals surface area (Å²) in [5.74, 6) is -2.34. The molecule has 10 heteroatoms. The van der Waals surface area contributed by atoms with E-state index in [4.69, 9.17) is 38.2 Å². The average Bonchev–Trinajstić information content (AvgIpc) is 2.87. The van der Waals surface area contributed by atoms with Crippen molar-refractivity contribution in [1.29, 1.82) is 0 Å². The van der Waals surface area contributed by atoms with Gasteiger partial charge in [-0.25, -0.2) is 0 Å². The number of ketones is 1. The predicted molar refractivity (Wildman–Crippen MR) is 101 cm³/mol. The fraction of sp³-hybridized carbons (Fsp3) is 0.118. The van der Waals surface area contributed by atoms with Crippen molar-refractivity contribution in [3.8, 4) is 0 Å². The summed E-state index contributed by atoms with van der Waals surface area (Å²) < 4.78 is 33.0. The van der Waals surface area contributed by atoms with Crippen LogP contribution in [0.4, 0.5) is 0 Å². The van der Waals surface area contributed by atoms with Crippen LogP contribution in [0.2, 0.25) is 0 Å². The molecule has 0 saturated carbocycles. The van der Waals surface area contributed by atoms with E-state index in [1.165, 1.54) is 24.3 Å². The van der Waals surface area contributed by atoms with E-state index in [0.717, 1.165) is 0 Å². The summed E-state index contributed by atoms with van der Waals surface area (Å²) in [7, 11) is 12.8. The van der Waals surface area contributed by atoms with Crippen molar-refractivity contribution in [3.05, 3.63) is 83.4 Å². The molecular formula is C17H12B3NO5S. The monoisotopic (exact) mass is 375 g/mol. The number of ether oxygens (including phenoxy) is 1. The molecule has 1 atom stereocenters. The smallest absolute Gasteiger partial charge is 0.302 e. The van der Waals surface area contributed by atoms with Gasteiger partial charge in [-0.1, -0.05) is 60.7 Å². The Bertz CT molecular complexity index is 1010. The van der Waals surface area contributed by atoms with Gasteiger partial charge in [-0.05, 0) is 11.1 Å². The molecule has 1 aliphatic heterocycles. The van der Waals surface area contributed by atoms with Crippen LogP contribution in [0.1, 0.15) is 11.1 Å². The molecule has 130 valence electrons. The zero-order valence-corrected chi connectivity index (χ0v) is 14.8. The number of rotatable bonds is 5. The standard InChI is InChI=1S/C17H12B3NO5S/c18-16(11-7-3-1-4-8-11)14(22)13(15(21)25-16)26-27(23,24)17(19,20)12-9-5-2-6-10-12/h1-10H,21H2/t16-/m1/s1. The summed E-state index contributed by atoms with van der Waals surface area (Å²) in [6, 6.07) is 15.6. The number of hydrogen-bond acceptors (Lipinski definition) is 6. The van der Waals surface area contributed by atoms with Crippen molar-refractivity contribution in [3.63, 3.8) is 0 Å². The molecule has 1 aliphatic rings. The Balaban J connectivity index is 1.94. The third-order valence-corrected chi connectivity index (χ3v) is 5.52. The van der Waals surface area contributed by atoms with Crippen LogP contribution in [-0.2, 0) is 33.9 Å². The van der Waals surface area contributed by atoms with Crippen LogP contribution in [0.25, 0.3) is 0 Å². The zero-order valence-electron chi connectivity index (χ0n) is 14.0. The zero-order chi connectivity index (χ0) is 19.9. The van der Waals surface area contributed by atoms with Gasteiger partial charge < -0.3 is 14.7 Å². The summed E-state index contributed by atoms with van der Waals surface area (Å²) in [6.07, 6.45) is 0. The Labute approximate surface area is 161 Å². The minimum atomic E-state index is -4.73. The number of carbonyl (C=O) groups excluding carboxylic acids is 1. The fourth-order valence-electron chi connectivity index (χ4n) is 2.52. The first-order valence-corrected chi connectivity index (χ1v) is 9.15. The molecule has 0 spiro atoms. The molecule has 0 amide bonds. The molecule has 6 radical (unpaired) electrons. The topological polar surface area (TPSA) is 95.7 Å². The number of nitrogens with two attached hydrogens (primary N) is 1. The van der Waals surface area contributed by atoms with E-state index >= 15 is 0 Å². The highest BCUT2D eigenvalue weighted by molar-refractivity contribution is 7.90. The minimum absolute atomic E-state index is 0.0533. The molecule has 27 heavy (non-hydrogen) atoms. The van der Waals surface area contributed by atoms with Crippen molar-refractivity contribution in [2.75, 3.05) is 0 Å². The van der Waals surface area contributed by atoms with Crippen LogP contribution in [0.3, 0.4) is 0 Å². The van der Waals surface area contributed by atoms with Crippen LogP contribution >= 0.6 is 0 Å². The van der Waals surface area contributed by atoms with Crippen molar-refractivity contribution in [1.82, 2.24) is 0 Å². The van der Waals surface area contributed by atoms with Crippen LogP contribution in [-0.4, -0.2) is 37.7 Å². The molecule has 2 aromatic carbocycles. The Kier molecular flexibility index (Phi) is 4.63. The van der Waals surface area contributed by atoms with E-state index in [2.05, 4.69) is 0 Å². The van der Waals surface area contributed by atoms with Gasteiger partial charge in [0.2, 0.25) is 17.4 Å². The third-order valence-electron chi connectivity index (χ3n) is 4.07. The van der Waals surface area contributed by atoms with Crippen molar-refractivity contribution in [2.45, 2.75) is 10.0 Å². The van der Waals surface area contributed by atoms with Crippen LogP contribution in [0.15, 0.2) is 72.3 Å². The Morgan fingerprint density at radius 2 is 1.52 bits per heavy atom. The quantitative estimate of drug-likeness (QED) is 0.594. The first-order chi connectivity index (χ1) is 12.6. The van der Waals surface area contributed by atoms with Crippen LogP contribution < -0.4 is 5.73 Å². The summed E-state index contributed by atoms with van der Waals surface area (Å²) in [5.41, 5.74) is 3.96. The lowest BCUT2D eigenvalue weighted by atomic mass is 9.65. The molecule has 3 rings (SSSR count). The minimum Gasteiger partial charge on any atom is -0.467 e. The van der Waals surface area contributed by atoms with Crippen LogP contribution in [0.5, 0.6) is 0 Å². The van der Waals surface area contributed by atoms with E-state index in [9.17, 15) is 13.2 Å². The van der Waals surface area contributed by atoms with Gasteiger partial charge in [0.25, 0.3) is 0 Å². The van der Waals surface area contributed by atoms with Gasteiger partial charge >= 0.3 is 10.1 Å². The van der Waals surface area contributed by atoms with Gasteiger partial charge in [0, 0.05) is 0 Å². The van der Waals surface area contributed by atoms with E-state index in [-0.39, 0.29) is 11.1 Å². The van der Waals surface area contributed by atoms with E-state index in [0.29, 0.717) is 0 Å². The van der Waals surface area contributed by atoms with Gasteiger partial charge in [0.05, 0.1) is 20.2 Å². The maximum atomic E-state index is 12.7. The van der Waals surface area contributed by atoms with Gasteiger partial charge in [0.1, 0.15) is 7.85 Å². The molecule has 2 N–H and O–H groups in total. The maximum absolute atomic E-state index is 12.7. The molecule has 0 saturated heterocycles. The lowest BCUT2D eigenvalue weighted by Gasteiger charge is -2.26. The number of Topliss-reactive ketones (excluding diaryl/α,β-unsaturated/α-hetero) is 1. The summed E-state index contributed by atoms with van der Waals surface area (Å²) in [4.78, 5) is 12.7. The van der Waals surface area contributed by atoms with Gasteiger partial charge in [-0.15, -0.1) is 0 Å². The van der Waals surface area contributed by atoms with E-state index in [1.54, 1.807) is 36.4 Å². The second kappa shape index (κ2) is 6.53. The molecule has 0 aromatic heterocycles. The maximum Gasteiger partial charge on any atom is 0.302 e. The van der Waals surface area contributed by atoms with Crippen molar-refractivity contribution in [2.24, 2.45) is 5.73 Å². The van der Waals surface area contributed by atoms with E-state index < -0.39 is 37.6 Å². The number of carbonyl (C=O) groups is 1. The van der Waals surface area contributed by atoms with Gasteiger partial charge in [-0.2, -0.15) is 8.42 Å². The highest BCUT2D eigenvalue weighted by Gasteiger charge is 2.50. The highest BCUT2D eigenvalue weighted by Crippen LogP contribution is 2.37. The normalized spacial score (nSPS) is 20.4. The second-order valence-corrected chi connectivity index (χ2v) is 7.67. The molecule has 0 unspecified atom stereocenters. The molecule has 2 aromatic rings. The van der Waals surface area contributed by atoms with Crippen molar-refractivity contribution >= 4 is 39.4 Å².